The molecule has 1 spiro atoms. The van der Waals surface area contributed by atoms with Gasteiger partial charge < -0.3 is 15.0 Å². The lowest BCUT2D eigenvalue weighted by Crippen LogP contribution is -2.45. The quantitative estimate of drug-likeness (QED) is 0.742. The molecule has 3 heteroatoms. The van der Waals surface area contributed by atoms with E-state index >= 15 is 0 Å². The van der Waals surface area contributed by atoms with E-state index < -0.39 is 0 Å². The van der Waals surface area contributed by atoms with Crippen LogP contribution in [0.2, 0.25) is 0 Å². The molecule has 0 radical (unpaired) electrons. The molecule has 4 rings (SSSR count). The molecule has 1 fully saturated rings. The zero-order valence-corrected chi connectivity index (χ0v) is 10.2. The fourth-order valence-electron chi connectivity index (χ4n) is 3.20. The third kappa shape index (κ3) is 1.28. The molecule has 3 nitrogen and oxygen atoms in total. The Morgan fingerprint density at radius 3 is 2.78 bits per heavy atom. The number of ether oxygens (including phenoxy) is 1. The van der Waals surface area contributed by atoms with Crippen molar-refractivity contribution in [3.8, 4) is 17.0 Å². The average molecular weight is 240 g/mol. The van der Waals surface area contributed by atoms with Crippen LogP contribution in [-0.2, 0) is 5.60 Å². The highest BCUT2D eigenvalue weighted by Gasteiger charge is 2.42. The minimum absolute atomic E-state index is 0.130. The molecule has 2 aliphatic rings. The highest BCUT2D eigenvalue weighted by atomic mass is 16.5. The maximum absolute atomic E-state index is 6.39. The first-order valence-electron chi connectivity index (χ1n) is 6.56. The monoisotopic (exact) mass is 240 g/mol. The number of hydrogen-bond acceptors (Lipinski definition) is 2. The van der Waals surface area contributed by atoms with Crippen LogP contribution in [-0.4, -0.2) is 18.1 Å². The molecular formula is C15H16N2O. The van der Waals surface area contributed by atoms with Crippen molar-refractivity contribution in [1.82, 2.24) is 10.3 Å². The highest BCUT2D eigenvalue weighted by Crippen LogP contribution is 2.48. The number of para-hydroxylation sites is 1. The van der Waals surface area contributed by atoms with Crippen molar-refractivity contribution in [3.63, 3.8) is 0 Å². The van der Waals surface area contributed by atoms with Crippen molar-refractivity contribution < 1.29 is 4.74 Å². The third-order valence-electron chi connectivity index (χ3n) is 4.11. The second-order valence-corrected chi connectivity index (χ2v) is 5.11. The van der Waals surface area contributed by atoms with Crippen molar-refractivity contribution in [2.24, 2.45) is 0 Å². The van der Waals surface area contributed by atoms with E-state index in [0.29, 0.717) is 0 Å². The maximum atomic E-state index is 6.39. The molecule has 0 aliphatic carbocycles. The molecule has 1 saturated heterocycles. The smallest absolute Gasteiger partial charge is 0.138 e. The number of H-pyrrole nitrogens is 1. The van der Waals surface area contributed by atoms with Crippen molar-refractivity contribution in [1.29, 1.82) is 0 Å². The van der Waals surface area contributed by atoms with Gasteiger partial charge in [-0.2, -0.15) is 0 Å². The lowest BCUT2D eigenvalue weighted by Gasteiger charge is -2.41. The van der Waals surface area contributed by atoms with Crippen molar-refractivity contribution in [3.05, 3.63) is 42.1 Å². The number of hydrogen-bond donors (Lipinski definition) is 2. The minimum Gasteiger partial charge on any atom is -0.482 e. The molecule has 3 heterocycles. The molecule has 1 aromatic carbocycles. The molecule has 2 aromatic rings. The molecule has 0 atom stereocenters. The summed E-state index contributed by atoms with van der Waals surface area (Å²) in [6.45, 7) is 2.04. The molecule has 0 unspecified atom stereocenters. The fourth-order valence-corrected chi connectivity index (χ4v) is 3.20. The number of benzene rings is 1. The van der Waals surface area contributed by atoms with Gasteiger partial charge in [-0.3, -0.25) is 0 Å². The molecule has 2 aliphatic heterocycles. The number of aromatic amines is 1. The Morgan fingerprint density at radius 1 is 1.06 bits per heavy atom. The van der Waals surface area contributed by atoms with Gasteiger partial charge in [0, 0.05) is 30.2 Å². The van der Waals surface area contributed by atoms with Gasteiger partial charge in [0.25, 0.3) is 0 Å². The Balaban J connectivity index is 1.92. The van der Waals surface area contributed by atoms with Crippen molar-refractivity contribution in [2.45, 2.75) is 18.4 Å². The van der Waals surface area contributed by atoms with E-state index in [2.05, 4.69) is 34.6 Å². The van der Waals surface area contributed by atoms with Crippen LogP contribution in [0, 0.1) is 0 Å². The van der Waals surface area contributed by atoms with Crippen LogP contribution in [0.5, 0.6) is 5.75 Å². The highest BCUT2D eigenvalue weighted by molar-refractivity contribution is 5.73. The summed E-state index contributed by atoms with van der Waals surface area (Å²) < 4.78 is 6.39. The predicted octanol–water partition coefficient (Wildman–Crippen LogP) is 2.65. The third-order valence-corrected chi connectivity index (χ3v) is 4.11. The van der Waals surface area contributed by atoms with E-state index in [1.807, 2.05) is 12.3 Å². The SMILES string of the molecule is c1ccc2c(c1)OC1(CCNCC1)c1cc[nH]c1-2. The van der Waals surface area contributed by atoms with Gasteiger partial charge in [-0.1, -0.05) is 12.1 Å². The summed E-state index contributed by atoms with van der Waals surface area (Å²) in [4.78, 5) is 3.38. The molecule has 1 aromatic heterocycles. The van der Waals surface area contributed by atoms with E-state index in [1.54, 1.807) is 0 Å². The lowest BCUT2D eigenvalue weighted by molar-refractivity contribution is 0.0309. The zero-order chi connectivity index (χ0) is 12.0. The molecule has 2 N–H and O–H groups in total. The lowest BCUT2D eigenvalue weighted by atomic mass is 9.81. The normalized spacial score (nSPS) is 20.0. The van der Waals surface area contributed by atoms with Crippen LogP contribution in [0.25, 0.3) is 11.3 Å². The van der Waals surface area contributed by atoms with Crippen LogP contribution in [0.4, 0.5) is 0 Å². The van der Waals surface area contributed by atoms with Crippen molar-refractivity contribution in [2.75, 3.05) is 13.1 Å². The van der Waals surface area contributed by atoms with Gasteiger partial charge in [0.05, 0.1) is 5.69 Å². The Kier molecular flexibility index (Phi) is 2.06. The first kappa shape index (κ1) is 10.2. The number of fused-ring (bicyclic) bond motifs is 4. The summed E-state index contributed by atoms with van der Waals surface area (Å²) in [5.41, 5.74) is 3.61. The van der Waals surface area contributed by atoms with Crippen LogP contribution >= 0.6 is 0 Å². The Bertz CT molecular complexity index is 582. The van der Waals surface area contributed by atoms with Crippen LogP contribution < -0.4 is 10.1 Å². The molecule has 0 amide bonds. The zero-order valence-electron chi connectivity index (χ0n) is 10.2. The number of nitrogens with one attached hydrogen (secondary N) is 2. The standard InChI is InChI=1S/C15H16N2O/c1-2-4-13-11(3-1)14-12(5-8-17-14)15(18-13)6-9-16-10-7-15/h1-5,8,16-17H,6-7,9-10H2. The molecule has 0 bridgehead atoms. The van der Waals surface area contributed by atoms with Gasteiger partial charge >= 0.3 is 0 Å². The number of piperidine rings is 1. The summed E-state index contributed by atoms with van der Waals surface area (Å²) in [5.74, 6) is 1.01. The summed E-state index contributed by atoms with van der Waals surface area (Å²) >= 11 is 0. The Morgan fingerprint density at radius 2 is 1.89 bits per heavy atom. The van der Waals surface area contributed by atoms with Gasteiger partial charge in [-0.15, -0.1) is 0 Å². The van der Waals surface area contributed by atoms with Crippen molar-refractivity contribution >= 4 is 0 Å². The fraction of sp³-hybridized carbons (Fsp3) is 0.333. The molecule has 18 heavy (non-hydrogen) atoms. The van der Waals surface area contributed by atoms with Gasteiger partial charge in [-0.25, -0.2) is 0 Å². The van der Waals surface area contributed by atoms with Gasteiger partial charge in [0.2, 0.25) is 0 Å². The average Bonchev–Trinajstić information content (AvgIpc) is 2.90. The Labute approximate surface area is 106 Å². The van der Waals surface area contributed by atoms with Gasteiger partial charge in [-0.05, 0) is 31.3 Å². The summed E-state index contributed by atoms with van der Waals surface area (Å²) in [7, 11) is 0. The largest absolute Gasteiger partial charge is 0.482 e. The second-order valence-electron chi connectivity index (χ2n) is 5.11. The first-order valence-corrected chi connectivity index (χ1v) is 6.56. The van der Waals surface area contributed by atoms with E-state index in [-0.39, 0.29) is 5.60 Å². The van der Waals surface area contributed by atoms with Crippen LogP contribution in [0.1, 0.15) is 18.4 Å². The Hall–Kier alpha value is -1.74. The van der Waals surface area contributed by atoms with E-state index in [4.69, 9.17) is 4.74 Å². The maximum Gasteiger partial charge on any atom is 0.138 e. The first-order chi connectivity index (χ1) is 8.89. The molecular weight excluding hydrogens is 224 g/mol. The predicted molar refractivity (Wildman–Crippen MR) is 70.6 cm³/mol. The van der Waals surface area contributed by atoms with E-state index in [0.717, 1.165) is 31.7 Å². The van der Waals surface area contributed by atoms with Gasteiger partial charge in [0.15, 0.2) is 0 Å². The topological polar surface area (TPSA) is 37.0 Å². The van der Waals surface area contributed by atoms with Crippen LogP contribution in [0.3, 0.4) is 0 Å². The number of rotatable bonds is 0. The summed E-state index contributed by atoms with van der Waals surface area (Å²) in [6.07, 6.45) is 4.10. The summed E-state index contributed by atoms with van der Waals surface area (Å²) in [5, 5.41) is 3.41. The minimum atomic E-state index is -0.130. The van der Waals surface area contributed by atoms with E-state index in [1.165, 1.54) is 16.8 Å². The molecule has 0 saturated carbocycles. The summed E-state index contributed by atoms with van der Waals surface area (Å²) in [6, 6.07) is 10.5. The second kappa shape index (κ2) is 3.62. The molecule has 92 valence electrons. The van der Waals surface area contributed by atoms with Gasteiger partial charge in [0.1, 0.15) is 11.4 Å². The number of aromatic nitrogens is 1. The van der Waals surface area contributed by atoms with E-state index in [9.17, 15) is 0 Å². The van der Waals surface area contributed by atoms with Crippen LogP contribution in [0.15, 0.2) is 36.5 Å².